The van der Waals surface area contributed by atoms with Crippen molar-refractivity contribution in [1.82, 2.24) is 0 Å². The van der Waals surface area contributed by atoms with Crippen molar-refractivity contribution in [2.45, 2.75) is 54.9 Å². The average molecular weight is 261 g/mol. The molecule has 108 valence electrons. The molecule has 0 heterocycles. The highest BCUT2D eigenvalue weighted by molar-refractivity contribution is 5.99. The highest BCUT2D eigenvalue weighted by atomic mass is 14.7. The van der Waals surface area contributed by atoms with Crippen LogP contribution in [0.1, 0.15) is 54.9 Å². The first-order valence-electron chi connectivity index (χ1n) is 7.16. The summed E-state index contributed by atoms with van der Waals surface area (Å²) in [5.74, 6) is 0.559. The van der Waals surface area contributed by atoms with Crippen LogP contribution in [0.2, 0.25) is 0 Å². The number of nitrogens with zero attached hydrogens (tertiary/aromatic N) is 1. The molecule has 0 spiro atoms. The van der Waals surface area contributed by atoms with E-state index in [0.29, 0.717) is 5.92 Å². The number of allylic oxidation sites excluding steroid dienone is 6. The number of hydrogen-bond acceptors (Lipinski definition) is 1. The largest absolute Gasteiger partial charge is 0.293 e. The van der Waals surface area contributed by atoms with Crippen molar-refractivity contribution in [1.29, 1.82) is 0 Å². The van der Waals surface area contributed by atoms with E-state index in [9.17, 15) is 0 Å². The van der Waals surface area contributed by atoms with E-state index in [2.05, 4.69) is 77.8 Å². The summed E-state index contributed by atoms with van der Waals surface area (Å²) in [7, 11) is 1.88. The van der Waals surface area contributed by atoms with Gasteiger partial charge in [0.15, 0.2) is 0 Å². The zero-order valence-electron chi connectivity index (χ0n) is 14.0. The molecule has 0 saturated heterocycles. The Labute approximate surface area is 120 Å². The number of hydrogen-bond donors (Lipinski definition) is 0. The predicted molar refractivity (Wildman–Crippen MR) is 88.9 cm³/mol. The molecule has 0 rings (SSSR count). The molecule has 0 aliphatic rings. The minimum absolute atomic E-state index is 0.122. The van der Waals surface area contributed by atoms with Gasteiger partial charge < -0.3 is 0 Å². The van der Waals surface area contributed by atoms with Gasteiger partial charge in [0.25, 0.3) is 0 Å². The SMILES string of the molecule is C/C=C(C)\C=C/C(C)C/C(C)=C\C(=N/C)C(C)(C)C. The molecule has 0 aromatic heterocycles. The summed E-state index contributed by atoms with van der Waals surface area (Å²) in [5, 5.41) is 0. The van der Waals surface area contributed by atoms with Crippen molar-refractivity contribution in [3.8, 4) is 0 Å². The second-order valence-corrected chi connectivity index (χ2v) is 6.42. The third-order valence-electron chi connectivity index (χ3n) is 3.18. The molecule has 1 heteroatoms. The zero-order chi connectivity index (χ0) is 15.1. The average Bonchev–Trinajstić information content (AvgIpc) is 2.31. The first-order chi connectivity index (χ1) is 8.70. The van der Waals surface area contributed by atoms with Crippen molar-refractivity contribution in [3.63, 3.8) is 0 Å². The van der Waals surface area contributed by atoms with Gasteiger partial charge in [0.1, 0.15) is 0 Å². The highest BCUT2D eigenvalue weighted by Crippen LogP contribution is 2.20. The van der Waals surface area contributed by atoms with Gasteiger partial charge in [-0.2, -0.15) is 0 Å². The third kappa shape index (κ3) is 7.81. The van der Waals surface area contributed by atoms with Gasteiger partial charge in [-0.25, -0.2) is 0 Å². The van der Waals surface area contributed by atoms with Gasteiger partial charge in [-0.1, -0.05) is 57.1 Å². The van der Waals surface area contributed by atoms with Crippen LogP contribution in [0.25, 0.3) is 0 Å². The van der Waals surface area contributed by atoms with E-state index in [1.165, 1.54) is 16.9 Å². The highest BCUT2D eigenvalue weighted by Gasteiger charge is 2.16. The second-order valence-electron chi connectivity index (χ2n) is 6.42. The summed E-state index contributed by atoms with van der Waals surface area (Å²) in [6, 6.07) is 0. The van der Waals surface area contributed by atoms with E-state index >= 15 is 0 Å². The van der Waals surface area contributed by atoms with Crippen molar-refractivity contribution in [2.24, 2.45) is 16.3 Å². The number of aliphatic imine (C=N–C) groups is 1. The lowest BCUT2D eigenvalue weighted by molar-refractivity contribution is 0.592. The normalized spacial score (nSPS) is 17.2. The van der Waals surface area contributed by atoms with E-state index in [-0.39, 0.29) is 5.41 Å². The Morgan fingerprint density at radius 3 is 2.21 bits per heavy atom. The molecule has 1 atom stereocenters. The van der Waals surface area contributed by atoms with Crippen LogP contribution in [0.15, 0.2) is 40.4 Å². The third-order valence-corrected chi connectivity index (χ3v) is 3.18. The summed E-state index contributed by atoms with van der Waals surface area (Å²) in [5.41, 5.74) is 4.01. The summed E-state index contributed by atoms with van der Waals surface area (Å²) in [6.07, 6.45) is 9.95. The maximum Gasteiger partial charge on any atom is 0.0397 e. The van der Waals surface area contributed by atoms with Crippen LogP contribution in [0, 0.1) is 11.3 Å². The van der Waals surface area contributed by atoms with Gasteiger partial charge in [0.2, 0.25) is 0 Å². The van der Waals surface area contributed by atoms with Crippen molar-refractivity contribution in [2.75, 3.05) is 7.05 Å². The van der Waals surface area contributed by atoms with Gasteiger partial charge in [-0.05, 0) is 39.2 Å². The molecule has 0 radical (unpaired) electrons. The summed E-state index contributed by atoms with van der Waals surface area (Å²) in [6.45, 7) is 15.3. The fraction of sp³-hybridized carbons (Fsp3) is 0.611. The van der Waals surface area contributed by atoms with E-state index < -0.39 is 0 Å². The lowest BCUT2D eigenvalue weighted by atomic mass is 9.87. The smallest absolute Gasteiger partial charge is 0.0397 e. The molecular weight excluding hydrogens is 230 g/mol. The molecule has 0 bridgehead atoms. The molecule has 0 aromatic carbocycles. The van der Waals surface area contributed by atoms with Crippen LogP contribution < -0.4 is 0 Å². The molecule has 1 nitrogen and oxygen atoms in total. The Kier molecular flexibility index (Phi) is 7.66. The van der Waals surface area contributed by atoms with E-state index in [4.69, 9.17) is 0 Å². The molecule has 0 saturated carbocycles. The lowest BCUT2D eigenvalue weighted by Gasteiger charge is -2.19. The fourth-order valence-corrected chi connectivity index (χ4v) is 1.90. The van der Waals surface area contributed by atoms with E-state index in [1.807, 2.05) is 7.05 Å². The Morgan fingerprint density at radius 1 is 1.21 bits per heavy atom. The van der Waals surface area contributed by atoms with Gasteiger partial charge in [-0.15, -0.1) is 0 Å². The molecule has 0 aliphatic carbocycles. The molecule has 0 aromatic rings. The summed E-state index contributed by atoms with van der Waals surface area (Å²) >= 11 is 0. The van der Waals surface area contributed by atoms with Crippen LogP contribution in [0.4, 0.5) is 0 Å². The lowest BCUT2D eigenvalue weighted by Crippen LogP contribution is -2.18. The van der Waals surface area contributed by atoms with Crippen LogP contribution in [0.3, 0.4) is 0 Å². The fourth-order valence-electron chi connectivity index (χ4n) is 1.90. The molecule has 0 amide bonds. The van der Waals surface area contributed by atoms with Crippen molar-refractivity contribution < 1.29 is 0 Å². The topological polar surface area (TPSA) is 12.4 Å². The predicted octanol–water partition coefficient (Wildman–Crippen LogP) is 5.60. The molecule has 0 fully saturated rings. The van der Waals surface area contributed by atoms with Gasteiger partial charge in [0, 0.05) is 18.2 Å². The first-order valence-corrected chi connectivity index (χ1v) is 7.16. The second kappa shape index (κ2) is 8.14. The quantitative estimate of drug-likeness (QED) is 0.451. The first kappa shape index (κ1) is 17.9. The van der Waals surface area contributed by atoms with Gasteiger partial charge in [-0.3, -0.25) is 4.99 Å². The molecule has 1 unspecified atom stereocenters. The van der Waals surface area contributed by atoms with Crippen molar-refractivity contribution in [3.05, 3.63) is 35.5 Å². The summed E-state index contributed by atoms with van der Waals surface area (Å²) < 4.78 is 0. The Balaban J connectivity index is 4.69. The molecule has 0 aliphatic heterocycles. The Morgan fingerprint density at radius 2 is 1.79 bits per heavy atom. The van der Waals surface area contributed by atoms with Crippen LogP contribution in [-0.2, 0) is 0 Å². The number of rotatable bonds is 5. The maximum atomic E-state index is 4.41. The minimum atomic E-state index is 0.122. The molecule has 0 N–H and O–H groups in total. The zero-order valence-corrected chi connectivity index (χ0v) is 14.0. The monoisotopic (exact) mass is 261 g/mol. The molecule has 19 heavy (non-hydrogen) atoms. The maximum absolute atomic E-state index is 4.41. The van der Waals surface area contributed by atoms with Crippen LogP contribution >= 0.6 is 0 Å². The Bertz CT molecular complexity index is 386. The van der Waals surface area contributed by atoms with Gasteiger partial charge in [0.05, 0.1) is 0 Å². The van der Waals surface area contributed by atoms with E-state index in [0.717, 1.165) is 6.42 Å². The van der Waals surface area contributed by atoms with Crippen molar-refractivity contribution >= 4 is 5.71 Å². The van der Waals surface area contributed by atoms with Crippen LogP contribution in [0.5, 0.6) is 0 Å². The Hall–Kier alpha value is -1.11. The van der Waals surface area contributed by atoms with E-state index in [1.54, 1.807) is 0 Å². The summed E-state index contributed by atoms with van der Waals surface area (Å²) in [4.78, 5) is 4.41. The van der Waals surface area contributed by atoms with Crippen LogP contribution in [-0.4, -0.2) is 12.8 Å². The minimum Gasteiger partial charge on any atom is -0.293 e. The van der Waals surface area contributed by atoms with Gasteiger partial charge >= 0.3 is 0 Å². The standard InChI is InChI=1S/C18H31N/c1-9-14(2)10-11-15(3)12-16(4)13-17(19-8)18(5,6)7/h9-11,13,15H,12H2,1-8H3/b11-10-,14-9-,16-13-,19-17+. The molecular formula is C18H31N.